The molecule has 4 aromatic rings. The minimum absolute atomic E-state index is 0.0770. The number of nitrogens with one attached hydrogen (secondary N) is 1. The minimum atomic E-state index is -0.492. The van der Waals surface area contributed by atoms with E-state index in [1.54, 1.807) is 30.5 Å². The van der Waals surface area contributed by atoms with Gasteiger partial charge in [-0.15, -0.1) is 11.3 Å². The maximum absolute atomic E-state index is 15.1. The number of hydrogen-bond acceptors (Lipinski definition) is 9. The van der Waals surface area contributed by atoms with Crippen molar-refractivity contribution in [1.82, 2.24) is 24.8 Å². The van der Waals surface area contributed by atoms with Gasteiger partial charge < -0.3 is 20.9 Å². The van der Waals surface area contributed by atoms with E-state index in [1.165, 1.54) is 30.6 Å². The molecule has 6 rings (SSSR count). The number of nitrogen functional groups attached to an aromatic ring is 1. The van der Waals surface area contributed by atoms with Crippen LogP contribution < -0.4 is 16.0 Å². The number of halogens is 1. The number of aromatic nitrogens is 4. The largest absolute Gasteiger partial charge is 0.396 e. The number of rotatable bonds is 6. The zero-order valence-electron chi connectivity index (χ0n) is 25.5. The van der Waals surface area contributed by atoms with Crippen LogP contribution in [0, 0.1) is 11.7 Å². The molecule has 1 aliphatic carbocycles. The average molecular weight is 615 g/mol. The zero-order valence-corrected chi connectivity index (χ0v) is 26.3. The van der Waals surface area contributed by atoms with Gasteiger partial charge in [0.2, 0.25) is 11.9 Å². The number of piperazine rings is 1. The fraction of sp³-hybridized carbons (Fsp3) is 0.424. The number of pyridine rings is 1. The molecule has 2 fully saturated rings. The molecule has 4 heterocycles. The molecule has 9 nitrogen and oxygen atoms in total. The average Bonchev–Trinajstić information content (AvgIpc) is 3.49. The van der Waals surface area contributed by atoms with E-state index in [4.69, 9.17) is 15.7 Å². The Morgan fingerprint density at radius 1 is 1.00 bits per heavy atom. The van der Waals surface area contributed by atoms with Gasteiger partial charge in [0.1, 0.15) is 5.82 Å². The van der Waals surface area contributed by atoms with Crippen LogP contribution in [-0.2, 0) is 10.2 Å². The van der Waals surface area contributed by atoms with E-state index in [1.807, 2.05) is 23.2 Å². The van der Waals surface area contributed by atoms with Gasteiger partial charge in [-0.05, 0) is 43.2 Å². The van der Waals surface area contributed by atoms with Crippen molar-refractivity contribution in [3.63, 3.8) is 0 Å². The molecule has 2 aliphatic rings. The van der Waals surface area contributed by atoms with E-state index < -0.39 is 5.82 Å². The van der Waals surface area contributed by atoms with Gasteiger partial charge in [0.15, 0.2) is 5.82 Å². The van der Waals surface area contributed by atoms with Gasteiger partial charge in [0, 0.05) is 49.3 Å². The molecule has 3 aromatic heterocycles. The van der Waals surface area contributed by atoms with E-state index in [-0.39, 0.29) is 17.0 Å². The highest BCUT2D eigenvalue weighted by Gasteiger charge is 2.29. The Labute approximate surface area is 261 Å². The second-order valence-electron chi connectivity index (χ2n) is 12.6. The lowest BCUT2D eigenvalue weighted by Crippen LogP contribution is -2.50. The summed E-state index contributed by atoms with van der Waals surface area (Å²) >= 11 is 1.49. The predicted molar refractivity (Wildman–Crippen MR) is 175 cm³/mol. The second-order valence-corrected chi connectivity index (χ2v) is 13.6. The number of amides is 1. The van der Waals surface area contributed by atoms with E-state index in [0.29, 0.717) is 34.6 Å². The number of nitrogens with zero attached hydrogens (tertiary/aromatic N) is 6. The fourth-order valence-electron chi connectivity index (χ4n) is 5.83. The summed E-state index contributed by atoms with van der Waals surface area (Å²) in [4.78, 5) is 36.6. The zero-order chi connectivity index (χ0) is 30.8. The molecule has 1 aliphatic heterocycles. The second kappa shape index (κ2) is 12.5. The van der Waals surface area contributed by atoms with E-state index in [2.05, 4.69) is 41.0 Å². The van der Waals surface area contributed by atoms with Crippen molar-refractivity contribution >= 4 is 40.4 Å². The maximum Gasteiger partial charge on any atom is 0.228 e. The lowest BCUT2D eigenvalue weighted by atomic mass is 9.88. The lowest BCUT2D eigenvalue weighted by molar-refractivity contribution is -0.136. The van der Waals surface area contributed by atoms with Crippen LogP contribution in [-0.4, -0.2) is 56.9 Å². The summed E-state index contributed by atoms with van der Waals surface area (Å²) in [5.74, 6) is 1.04. The van der Waals surface area contributed by atoms with Crippen LogP contribution in [0.2, 0.25) is 0 Å². The van der Waals surface area contributed by atoms with Gasteiger partial charge in [-0.2, -0.15) is 0 Å². The first kappa shape index (κ1) is 29.9. The normalized spacial score (nSPS) is 16.3. The van der Waals surface area contributed by atoms with E-state index >= 15 is 4.39 Å². The highest BCUT2D eigenvalue weighted by atomic mass is 32.1. The summed E-state index contributed by atoms with van der Waals surface area (Å²) in [6.07, 6.45) is 9.18. The van der Waals surface area contributed by atoms with Crippen molar-refractivity contribution < 1.29 is 9.18 Å². The van der Waals surface area contributed by atoms with Crippen molar-refractivity contribution in [3.8, 4) is 21.8 Å². The summed E-state index contributed by atoms with van der Waals surface area (Å²) in [7, 11) is 0. The number of carbonyl (C=O) groups excluding carboxylic acids is 1. The summed E-state index contributed by atoms with van der Waals surface area (Å²) in [6.45, 7) is 9.30. The number of hydrogen-bond donors (Lipinski definition) is 2. The van der Waals surface area contributed by atoms with Crippen molar-refractivity contribution in [2.75, 3.05) is 42.1 Å². The van der Waals surface area contributed by atoms with Crippen molar-refractivity contribution in [2.45, 2.75) is 58.3 Å². The molecule has 1 aromatic carbocycles. The molecule has 0 spiro atoms. The van der Waals surface area contributed by atoms with Crippen LogP contribution in [0.5, 0.6) is 0 Å². The third kappa shape index (κ3) is 6.38. The third-order valence-electron chi connectivity index (χ3n) is 8.34. The van der Waals surface area contributed by atoms with Gasteiger partial charge in [-0.1, -0.05) is 46.1 Å². The van der Waals surface area contributed by atoms with Gasteiger partial charge in [0.25, 0.3) is 0 Å². The van der Waals surface area contributed by atoms with Crippen LogP contribution in [0.3, 0.4) is 0 Å². The molecule has 0 radical (unpaired) electrons. The Balaban J connectivity index is 1.16. The highest BCUT2D eigenvalue weighted by molar-refractivity contribution is 7.15. The first-order chi connectivity index (χ1) is 21.2. The highest BCUT2D eigenvalue weighted by Crippen LogP contribution is 2.41. The van der Waals surface area contributed by atoms with Gasteiger partial charge >= 0.3 is 0 Å². The number of benzene rings is 1. The number of nitrogens with two attached hydrogens (primary N) is 1. The van der Waals surface area contributed by atoms with Crippen molar-refractivity contribution in [3.05, 3.63) is 59.6 Å². The minimum Gasteiger partial charge on any atom is -0.396 e. The maximum atomic E-state index is 15.1. The molecule has 0 atom stereocenters. The Morgan fingerprint density at radius 2 is 1.77 bits per heavy atom. The standard InChI is InChI=1S/C33H39FN8OS/c1-33(2,3)31-40-28(23-10-7-11-24(35)27(23)34)29(44-31)25-14-15-36-32(38-25)39-26-13-12-22(20-37-26)41-16-18-42(19-17-41)30(43)21-8-5-4-6-9-21/h7,10-15,20-21H,4-6,8-9,16-19,35H2,1-3H3,(H,36,37,38,39). The Hall–Kier alpha value is -4.12. The monoisotopic (exact) mass is 614 g/mol. The Bertz CT molecular complexity index is 1620. The molecule has 11 heteroatoms. The van der Waals surface area contributed by atoms with Crippen molar-refractivity contribution in [1.29, 1.82) is 0 Å². The molecule has 1 saturated heterocycles. The molecule has 1 saturated carbocycles. The van der Waals surface area contributed by atoms with Crippen LogP contribution in [0.15, 0.2) is 48.8 Å². The van der Waals surface area contributed by atoms with Gasteiger partial charge in [-0.3, -0.25) is 4.79 Å². The topological polar surface area (TPSA) is 113 Å². The third-order valence-corrected chi connectivity index (χ3v) is 9.84. The van der Waals surface area contributed by atoms with Gasteiger partial charge in [0.05, 0.1) is 38.8 Å². The summed E-state index contributed by atoms with van der Waals surface area (Å²) in [6, 6.07) is 10.7. The molecular weight excluding hydrogens is 575 g/mol. The van der Waals surface area contributed by atoms with E-state index in [0.717, 1.165) is 54.6 Å². The summed E-state index contributed by atoms with van der Waals surface area (Å²) in [5, 5.41) is 4.07. The van der Waals surface area contributed by atoms with Crippen LogP contribution in [0.4, 0.5) is 27.5 Å². The van der Waals surface area contributed by atoms with Gasteiger partial charge in [-0.25, -0.2) is 24.3 Å². The first-order valence-electron chi connectivity index (χ1n) is 15.3. The fourth-order valence-corrected chi connectivity index (χ4v) is 6.94. The molecule has 230 valence electrons. The number of anilines is 4. The number of carbonyl (C=O) groups is 1. The molecular formula is C33H39FN8OS. The van der Waals surface area contributed by atoms with Crippen LogP contribution in [0.1, 0.15) is 57.9 Å². The SMILES string of the molecule is CC(C)(C)c1nc(-c2cccc(N)c2F)c(-c2ccnc(Nc3ccc(N4CCN(C(=O)C5CCCCC5)CC4)cn3)n2)s1. The molecule has 44 heavy (non-hydrogen) atoms. The number of thiazole rings is 1. The first-order valence-corrected chi connectivity index (χ1v) is 16.1. The molecule has 3 N–H and O–H groups in total. The van der Waals surface area contributed by atoms with Crippen LogP contribution >= 0.6 is 11.3 Å². The Morgan fingerprint density at radius 3 is 2.48 bits per heavy atom. The summed E-state index contributed by atoms with van der Waals surface area (Å²) < 4.78 is 15.1. The smallest absolute Gasteiger partial charge is 0.228 e. The van der Waals surface area contributed by atoms with E-state index in [9.17, 15) is 4.79 Å². The van der Waals surface area contributed by atoms with Crippen LogP contribution in [0.25, 0.3) is 21.8 Å². The molecule has 0 bridgehead atoms. The Kier molecular flexibility index (Phi) is 8.48. The lowest BCUT2D eigenvalue weighted by Gasteiger charge is -2.38. The molecule has 0 unspecified atom stereocenters. The summed E-state index contributed by atoms with van der Waals surface area (Å²) in [5.41, 5.74) is 8.24. The molecule has 1 amide bonds. The predicted octanol–water partition coefficient (Wildman–Crippen LogP) is 6.65. The van der Waals surface area contributed by atoms with Crippen molar-refractivity contribution in [2.24, 2.45) is 5.92 Å². The quantitative estimate of drug-likeness (QED) is 0.232.